The van der Waals surface area contributed by atoms with E-state index in [0.29, 0.717) is 6.61 Å². The molecule has 0 aromatic carbocycles. The predicted octanol–water partition coefficient (Wildman–Crippen LogP) is 3.09. The molecule has 0 aliphatic rings. The summed E-state index contributed by atoms with van der Waals surface area (Å²) in [7, 11) is 0. The van der Waals surface area contributed by atoms with Crippen LogP contribution in [0.2, 0.25) is 0 Å². The van der Waals surface area contributed by atoms with Crippen molar-refractivity contribution in [1.82, 2.24) is 0 Å². The molecule has 1 N–H and O–H groups in total. The van der Waals surface area contributed by atoms with Gasteiger partial charge in [0.15, 0.2) is 6.29 Å². The van der Waals surface area contributed by atoms with Crippen molar-refractivity contribution in [3.05, 3.63) is 0 Å². The van der Waals surface area contributed by atoms with Crippen LogP contribution in [0, 0.1) is 0 Å². The highest BCUT2D eigenvalue weighted by molar-refractivity contribution is 4.46. The summed E-state index contributed by atoms with van der Waals surface area (Å²) in [5.74, 6) is 0. The molecular weight excluding hydrogens is 164 g/mol. The summed E-state index contributed by atoms with van der Waals surface area (Å²) in [6.07, 6.45) is 7.43. The van der Waals surface area contributed by atoms with Gasteiger partial charge in [0.1, 0.15) is 0 Å². The maximum atomic E-state index is 9.31. The van der Waals surface area contributed by atoms with Crippen LogP contribution in [-0.4, -0.2) is 18.0 Å². The molecule has 2 heteroatoms. The third-order valence-corrected chi connectivity index (χ3v) is 2.07. The van der Waals surface area contributed by atoms with Gasteiger partial charge in [0.2, 0.25) is 0 Å². The molecule has 0 aliphatic carbocycles. The lowest BCUT2D eigenvalue weighted by Gasteiger charge is -2.10. The molecular formula is C11H24O2. The number of aliphatic hydroxyl groups is 1. The van der Waals surface area contributed by atoms with Gasteiger partial charge in [-0.1, -0.05) is 39.5 Å². The molecule has 0 heterocycles. The molecule has 0 saturated carbocycles. The third-order valence-electron chi connectivity index (χ3n) is 2.07. The van der Waals surface area contributed by atoms with Crippen molar-refractivity contribution in [2.45, 2.75) is 65.1 Å². The zero-order chi connectivity index (χ0) is 9.94. The summed E-state index contributed by atoms with van der Waals surface area (Å²) in [6.45, 7) is 4.93. The predicted molar refractivity (Wildman–Crippen MR) is 55.6 cm³/mol. The van der Waals surface area contributed by atoms with E-state index in [-0.39, 0.29) is 0 Å². The minimum Gasteiger partial charge on any atom is -0.368 e. The van der Waals surface area contributed by atoms with E-state index in [4.69, 9.17) is 4.74 Å². The van der Waals surface area contributed by atoms with Crippen molar-refractivity contribution in [3.63, 3.8) is 0 Å². The van der Waals surface area contributed by atoms with Gasteiger partial charge in [0.05, 0.1) is 0 Å². The molecule has 0 aliphatic heterocycles. The van der Waals surface area contributed by atoms with Gasteiger partial charge in [0, 0.05) is 6.61 Å². The van der Waals surface area contributed by atoms with Gasteiger partial charge in [-0.15, -0.1) is 0 Å². The SMILES string of the molecule is CCCCCCCC(O)OCCC. The summed E-state index contributed by atoms with van der Waals surface area (Å²) in [6, 6.07) is 0. The largest absolute Gasteiger partial charge is 0.368 e. The Morgan fingerprint density at radius 3 is 2.31 bits per heavy atom. The molecule has 2 nitrogen and oxygen atoms in total. The molecule has 80 valence electrons. The summed E-state index contributed by atoms with van der Waals surface area (Å²) >= 11 is 0. The summed E-state index contributed by atoms with van der Waals surface area (Å²) in [5.41, 5.74) is 0. The fourth-order valence-corrected chi connectivity index (χ4v) is 1.26. The highest BCUT2D eigenvalue weighted by atomic mass is 16.6. The van der Waals surface area contributed by atoms with Gasteiger partial charge in [-0.25, -0.2) is 0 Å². The maximum Gasteiger partial charge on any atom is 0.154 e. The Morgan fingerprint density at radius 2 is 1.69 bits per heavy atom. The molecule has 0 aromatic rings. The van der Waals surface area contributed by atoms with Crippen molar-refractivity contribution in [2.75, 3.05) is 6.61 Å². The van der Waals surface area contributed by atoms with E-state index in [1.807, 2.05) is 6.92 Å². The topological polar surface area (TPSA) is 29.5 Å². The summed E-state index contributed by atoms with van der Waals surface area (Å²) in [4.78, 5) is 0. The molecule has 1 atom stereocenters. The fourth-order valence-electron chi connectivity index (χ4n) is 1.26. The lowest BCUT2D eigenvalue weighted by molar-refractivity contribution is -0.104. The molecule has 0 amide bonds. The number of hydrogen-bond acceptors (Lipinski definition) is 2. The molecule has 0 aromatic heterocycles. The molecule has 0 spiro atoms. The maximum absolute atomic E-state index is 9.31. The lowest BCUT2D eigenvalue weighted by Crippen LogP contribution is -2.12. The second kappa shape index (κ2) is 10.0. The zero-order valence-corrected chi connectivity index (χ0v) is 9.09. The van der Waals surface area contributed by atoms with Crippen LogP contribution in [0.15, 0.2) is 0 Å². The van der Waals surface area contributed by atoms with E-state index in [0.717, 1.165) is 19.3 Å². The summed E-state index contributed by atoms with van der Waals surface area (Å²) in [5, 5.41) is 9.31. The Kier molecular flexibility index (Phi) is 9.94. The van der Waals surface area contributed by atoms with Crippen molar-refractivity contribution in [3.8, 4) is 0 Å². The van der Waals surface area contributed by atoms with Crippen LogP contribution in [-0.2, 0) is 4.74 Å². The van der Waals surface area contributed by atoms with E-state index in [2.05, 4.69) is 6.92 Å². The van der Waals surface area contributed by atoms with Gasteiger partial charge >= 0.3 is 0 Å². The van der Waals surface area contributed by atoms with E-state index in [1.54, 1.807) is 0 Å². The summed E-state index contributed by atoms with van der Waals surface area (Å²) < 4.78 is 5.15. The standard InChI is InChI=1S/C11H24O2/c1-3-5-6-7-8-9-11(12)13-10-4-2/h11-12H,3-10H2,1-2H3. The van der Waals surface area contributed by atoms with Crippen molar-refractivity contribution >= 4 is 0 Å². The Hall–Kier alpha value is -0.0800. The van der Waals surface area contributed by atoms with Crippen molar-refractivity contribution < 1.29 is 9.84 Å². The first kappa shape index (κ1) is 12.9. The number of hydrogen-bond donors (Lipinski definition) is 1. The highest BCUT2D eigenvalue weighted by Crippen LogP contribution is 2.07. The molecule has 1 unspecified atom stereocenters. The highest BCUT2D eigenvalue weighted by Gasteiger charge is 2.01. The van der Waals surface area contributed by atoms with Crippen molar-refractivity contribution in [2.24, 2.45) is 0 Å². The van der Waals surface area contributed by atoms with Gasteiger partial charge in [-0.3, -0.25) is 0 Å². The monoisotopic (exact) mass is 188 g/mol. The third kappa shape index (κ3) is 9.84. The number of ether oxygens (including phenoxy) is 1. The van der Waals surface area contributed by atoms with Gasteiger partial charge < -0.3 is 9.84 Å². The average Bonchev–Trinajstić information content (AvgIpc) is 2.14. The smallest absolute Gasteiger partial charge is 0.154 e. The molecule has 0 bridgehead atoms. The normalized spacial score (nSPS) is 13.2. The average molecular weight is 188 g/mol. The first-order valence-electron chi connectivity index (χ1n) is 5.61. The van der Waals surface area contributed by atoms with E-state index >= 15 is 0 Å². The second-order valence-electron chi connectivity index (χ2n) is 3.53. The van der Waals surface area contributed by atoms with Crippen LogP contribution >= 0.6 is 0 Å². The van der Waals surface area contributed by atoms with Crippen LogP contribution in [0.25, 0.3) is 0 Å². The zero-order valence-electron chi connectivity index (χ0n) is 9.09. The number of aliphatic hydroxyl groups excluding tert-OH is 1. The number of unbranched alkanes of at least 4 members (excludes halogenated alkanes) is 4. The first-order valence-corrected chi connectivity index (χ1v) is 5.61. The molecule has 0 fully saturated rings. The van der Waals surface area contributed by atoms with E-state index < -0.39 is 6.29 Å². The Labute approximate surface area is 82.3 Å². The quantitative estimate of drug-likeness (QED) is 0.445. The molecule has 13 heavy (non-hydrogen) atoms. The minimum absolute atomic E-state index is 0.526. The minimum atomic E-state index is -0.526. The van der Waals surface area contributed by atoms with Crippen LogP contribution in [0.5, 0.6) is 0 Å². The Bertz CT molecular complexity index is 94.1. The van der Waals surface area contributed by atoms with Gasteiger partial charge in [0.25, 0.3) is 0 Å². The molecule has 0 radical (unpaired) electrons. The van der Waals surface area contributed by atoms with Crippen molar-refractivity contribution in [1.29, 1.82) is 0 Å². The number of rotatable bonds is 9. The Morgan fingerprint density at radius 1 is 1.00 bits per heavy atom. The Balaban J connectivity index is 3.03. The van der Waals surface area contributed by atoms with E-state index in [1.165, 1.54) is 25.7 Å². The van der Waals surface area contributed by atoms with Crippen LogP contribution in [0.4, 0.5) is 0 Å². The second-order valence-corrected chi connectivity index (χ2v) is 3.53. The van der Waals surface area contributed by atoms with Crippen LogP contribution < -0.4 is 0 Å². The molecule has 0 saturated heterocycles. The fraction of sp³-hybridized carbons (Fsp3) is 1.00. The molecule has 0 rings (SSSR count). The van der Waals surface area contributed by atoms with E-state index in [9.17, 15) is 5.11 Å². The van der Waals surface area contributed by atoms with Gasteiger partial charge in [-0.2, -0.15) is 0 Å². The van der Waals surface area contributed by atoms with Gasteiger partial charge in [-0.05, 0) is 19.3 Å². The van der Waals surface area contributed by atoms with Crippen LogP contribution in [0.3, 0.4) is 0 Å². The van der Waals surface area contributed by atoms with Crippen LogP contribution in [0.1, 0.15) is 58.8 Å². The lowest BCUT2D eigenvalue weighted by atomic mass is 10.1. The first-order chi connectivity index (χ1) is 6.31.